The van der Waals surface area contributed by atoms with E-state index < -0.39 is 0 Å². The summed E-state index contributed by atoms with van der Waals surface area (Å²) in [7, 11) is 1.45. The molecule has 2 rings (SSSR count). The third kappa shape index (κ3) is 2.39. The zero-order valence-corrected chi connectivity index (χ0v) is 10.8. The van der Waals surface area contributed by atoms with Crippen molar-refractivity contribution in [3.8, 4) is 0 Å². The number of nitrogens with zero attached hydrogens (tertiary/aromatic N) is 2. The molecule has 1 aliphatic rings. The third-order valence-corrected chi connectivity index (χ3v) is 3.64. The maximum Gasteiger partial charge on any atom is 0.311 e. The summed E-state index contributed by atoms with van der Waals surface area (Å²) >= 11 is 0. The zero-order valence-electron chi connectivity index (χ0n) is 10.8. The summed E-state index contributed by atoms with van der Waals surface area (Å²) in [6.07, 6.45) is 3.22. The van der Waals surface area contributed by atoms with Crippen LogP contribution in [0.1, 0.15) is 19.8 Å². The summed E-state index contributed by atoms with van der Waals surface area (Å²) in [5, 5.41) is 0. The molecule has 0 atom stereocenters. The van der Waals surface area contributed by atoms with E-state index >= 15 is 0 Å². The van der Waals surface area contributed by atoms with Gasteiger partial charge < -0.3 is 15.4 Å². The fourth-order valence-electron chi connectivity index (χ4n) is 2.26. The second-order valence-corrected chi connectivity index (χ2v) is 4.99. The van der Waals surface area contributed by atoms with Gasteiger partial charge in [0.15, 0.2) is 0 Å². The lowest BCUT2D eigenvalue weighted by atomic mass is 9.80. The van der Waals surface area contributed by atoms with Crippen molar-refractivity contribution >= 4 is 17.5 Å². The molecule has 0 spiro atoms. The Morgan fingerprint density at radius 3 is 2.61 bits per heavy atom. The van der Waals surface area contributed by atoms with Gasteiger partial charge in [-0.2, -0.15) is 0 Å². The number of methoxy groups -OCH3 is 1. The first-order chi connectivity index (χ1) is 8.55. The number of hydrogen-bond acceptors (Lipinski definition) is 5. The van der Waals surface area contributed by atoms with Crippen molar-refractivity contribution in [2.24, 2.45) is 5.41 Å². The Morgan fingerprint density at radius 2 is 2.11 bits per heavy atom. The number of nitrogen functional groups attached to an aromatic ring is 1. The summed E-state index contributed by atoms with van der Waals surface area (Å²) < 4.78 is 4.86. The molecule has 0 aliphatic carbocycles. The molecule has 0 radical (unpaired) electrons. The Bertz CT molecular complexity index is 422. The molecule has 0 bridgehead atoms. The molecule has 0 aromatic carbocycles. The lowest BCUT2D eigenvalue weighted by molar-refractivity contribution is -0.152. The van der Waals surface area contributed by atoms with E-state index in [0.29, 0.717) is 5.69 Å². The Labute approximate surface area is 107 Å². The average molecular weight is 249 g/mol. The molecule has 1 fully saturated rings. The third-order valence-electron chi connectivity index (χ3n) is 3.64. The molecule has 18 heavy (non-hydrogen) atoms. The first-order valence-corrected chi connectivity index (χ1v) is 6.10. The van der Waals surface area contributed by atoms with E-state index in [1.807, 2.05) is 19.1 Å². The largest absolute Gasteiger partial charge is 0.469 e. The molecule has 5 nitrogen and oxygen atoms in total. The Hall–Kier alpha value is -1.78. The van der Waals surface area contributed by atoms with E-state index in [9.17, 15) is 4.79 Å². The van der Waals surface area contributed by atoms with E-state index in [0.717, 1.165) is 31.7 Å². The number of hydrogen-bond donors (Lipinski definition) is 1. The minimum Gasteiger partial charge on any atom is -0.469 e. The van der Waals surface area contributed by atoms with Crippen LogP contribution in [0.15, 0.2) is 18.3 Å². The number of carbonyl (C=O) groups is 1. The van der Waals surface area contributed by atoms with Crippen LogP contribution in [0.5, 0.6) is 0 Å². The highest BCUT2D eigenvalue weighted by Crippen LogP contribution is 2.33. The zero-order chi connectivity index (χ0) is 13.2. The minimum atomic E-state index is -0.362. The standard InChI is InChI=1S/C13H19N3O2/c1-13(12(17)18-2)5-7-16(8-6-13)11-4-3-10(14)9-15-11/h3-4,9H,5-8,14H2,1-2H3. The van der Waals surface area contributed by atoms with Crippen molar-refractivity contribution in [3.05, 3.63) is 18.3 Å². The highest BCUT2D eigenvalue weighted by molar-refractivity contribution is 5.76. The molecule has 1 aromatic rings. The molecule has 98 valence electrons. The van der Waals surface area contributed by atoms with Crippen LogP contribution in [0, 0.1) is 5.41 Å². The normalized spacial score (nSPS) is 18.4. The molecule has 0 saturated carbocycles. The van der Waals surface area contributed by atoms with Crippen LogP contribution in [0.25, 0.3) is 0 Å². The van der Waals surface area contributed by atoms with E-state index in [1.165, 1.54) is 7.11 Å². The van der Waals surface area contributed by atoms with Crippen molar-refractivity contribution in [1.82, 2.24) is 4.98 Å². The minimum absolute atomic E-state index is 0.118. The van der Waals surface area contributed by atoms with Crippen LogP contribution in [-0.2, 0) is 9.53 Å². The maximum absolute atomic E-state index is 11.7. The van der Waals surface area contributed by atoms with E-state index in [1.54, 1.807) is 6.20 Å². The number of ether oxygens (including phenoxy) is 1. The van der Waals surface area contributed by atoms with Gasteiger partial charge in [-0.15, -0.1) is 0 Å². The molecule has 1 aromatic heterocycles. The molecule has 2 N–H and O–H groups in total. The topological polar surface area (TPSA) is 68.5 Å². The first kappa shape index (κ1) is 12.7. The summed E-state index contributed by atoms with van der Waals surface area (Å²) in [5.41, 5.74) is 5.91. The molecule has 0 amide bonds. The van der Waals surface area contributed by atoms with Crippen LogP contribution in [0.3, 0.4) is 0 Å². The average Bonchev–Trinajstić information content (AvgIpc) is 2.40. The summed E-state index contributed by atoms with van der Waals surface area (Å²) in [5.74, 6) is 0.795. The summed E-state index contributed by atoms with van der Waals surface area (Å²) in [6, 6.07) is 3.76. The molecule has 2 heterocycles. The van der Waals surface area contributed by atoms with Crippen LogP contribution < -0.4 is 10.6 Å². The van der Waals surface area contributed by atoms with Gasteiger partial charge in [-0.25, -0.2) is 4.98 Å². The number of carbonyl (C=O) groups excluding carboxylic acids is 1. The lowest BCUT2D eigenvalue weighted by Crippen LogP contribution is -2.43. The molecular formula is C13H19N3O2. The van der Waals surface area contributed by atoms with Gasteiger partial charge in [0.05, 0.1) is 24.4 Å². The molecule has 1 aliphatic heterocycles. The van der Waals surface area contributed by atoms with Gasteiger partial charge in [0, 0.05) is 13.1 Å². The van der Waals surface area contributed by atoms with Gasteiger partial charge >= 0.3 is 5.97 Å². The lowest BCUT2D eigenvalue weighted by Gasteiger charge is -2.37. The smallest absolute Gasteiger partial charge is 0.311 e. The monoisotopic (exact) mass is 249 g/mol. The highest BCUT2D eigenvalue weighted by Gasteiger charge is 2.38. The maximum atomic E-state index is 11.7. The van der Waals surface area contributed by atoms with E-state index in [-0.39, 0.29) is 11.4 Å². The predicted octanol–water partition coefficient (Wildman–Crippen LogP) is 1.44. The molecule has 1 saturated heterocycles. The van der Waals surface area contributed by atoms with Gasteiger partial charge in [-0.3, -0.25) is 4.79 Å². The van der Waals surface area contributed by atoms with Crippen molar-refractivity contribution < 1.29 is 9.53 Å². The van der Waals surface area contributed by atoms with Gasteiger partial charge in [-0.05, 0) is 31.9 Å². The van der Waals surface area contributed by atoms with Gasteiger partial charge in [-0.1, -0.05) is 0 Å². The van der Waals surface area contributed by atoms with Gasteiger partial charge in [0.2, 0.25) is 0 Å². The summed E-state index contributed by atoms with van der Waals surface area (Å²) in [6.45, 7) is 3.58. The Morgan fingerprint density at radius 1 is 1.44 bits per heavy atom. The number of anilines is 2. The SMILES string of the molecule is COC(=O)C1(C)CCN(c2ccc(N)cn2)CC1. The van der Waals surface area contributed by atoms with E-state index in [4.69, 9.17) is 10.5 Å². The van der Waals surface area contributed by atoms with Crippen LogP contribution in [0.4, 0.5) is 11.5 Å². The van der Waals surface area contributed by atoms with E-state index in [2.05, 4.69) is 9.88 Å². The van der Waals surface area contributed by atoms with Crippen molar-refractivity contribution in [2.45, 2.75) is 19.8 Å². The second-order valence-electron chi connectivity index (χ2n) is 4.99. The van der Waals surface area contributed by atoms with Crippen molar-refractivity contribution in [2.75, 3.05) is 30.8 Å². The number of pyridine rings is 1. The number of aromatic nitrogens is 1. The highest BCUT2D eigenvalue weighted by atomic mass is 16.5. The number of esters is 1. The predicted molar refractivity (Wildman–Crippen MR) is 70.2 cm³/mol. The van der Waals surface area contributed by atoms with Crippen molar-refractivity contribution in [3.63, 3.8) is 0 Å². The number of piperidine rings is 1. The van der Waals surface area contributed by atoms with Crippen LogP contribution in [-0.4, -0.2) is 31.2 Å². The van der Waals surface area contributed by atoms with Crippen LogP contribution in [0.2, 0.25) is 0 Å². The quantitative estimate of drug-likeness (QED) is 0.803. The molecule has 5 heteroatoms. The van der Waals surface area contributed by atoms with Crippen LogP contribution >= 0.6 is 0 Å². The first-order valence-electron chi connectivity index (χ1n) is 6.10. The fourth-order valence-corrected chi connectivity index (χ4v) is 2.26. The fraction of sp³-hybridized carbons (Fsp3) is 0.538. The Kier molecular flexibility index (Phi) is 3.41. The Balaban J connectivity index is 2.02. The summed E-state index contributed by atoms with van der Waals surface area (Å²) in [4.78, 5) is 18.2. The van der Waals surface area contributed by atoms with Gasteiger partial charge in [0.25, 0.3) is 0 Å². The number of rotatable bonds is 2. The molecular weight excluding hydrogens is 230 g/mol. The number of nitrogens with two attached hydrogens (primary N) is 1. The van der Waals surface area contributed by atoms with Crippen molar-refractivity contribution in [1.29, 1.82) is 0 Å². The van der Waals surface area contributed by atoms with Gasteiger partial charge in [0.1, 0.15) is 5.82 Å². The second kappa shape index (κ2) is 4.84. The molecule has 0 unspecified atom stereocenters.